The number of carbonyl (C=O) groups is 2. The number of amides is 2. The third kappa shape index (κ3) is 3.38. The van der Waals surface area contributed by atoms with Crippen molar-refractivity contribution in [3.8, 4) is 0 Å². The average Bonchev–Trinajstić information content (AvgIpc) is 2.83. The van der Waals surface area contributed by atoms with Crippen molar-refractivity contribution < 1.29 is 9.59 Å². The molecule has 31 heavy (non-hydrogen) atoms. The molecule has 3 aliphatic rings. The monoisotopic (exact) mass is 419 g/mol. The molecule has 6 nitrogen and oxygen atoms in total. The Labute approximate surface area is 182 Å². The van der Waals surface area contributed by atoms with Crippen molar-refractivity contribution in [2.75, 3.05) is 13.1 Å². The van der Waals surface area contributed by atoms with Gasteiger partial charge in [0.25, 0.3) is 5.91 Å². The van der Waals surface area contributed by atoms with E-state index in [9.17, 15) is 14.4 Å². The van der Waals surface area contributed by atoms with Gasteiger partial charge >= 0.3 is 0 Å². The molecule has 2 aromatic rings. The molecule has 1 N–H and O–H groups in total. The van der Waals surface area contributed by atoms with Crippen molar-refractivity contribution in [2.24, 2.45) is 5.41 Å². The van der Waals surface area contributed by atoms with Gasteiger partial charge in [-0.25, -0.2) is 0 Å². The molecular weight excluding hydrogens is 390 g/mol. The molecule has 0 bridgehead atoms. The minimum atomic E-state index is -0.268. The number of nitrogens with zero attached hydrogens (tertiary/aromatic N) is 2. The van der Waals surface area contributed by atoms with Crippen molar-refractivity contribution in [1.82, 2.24) is 14.8 Å². The smallest absolute Gasteiger partial charge is 0.254 e. The quantitative estimate of drug-likeness (QED) is 0.774. The fraction of sp³-hybridized carbons (Fsp3) is 0.480. The van der Waals surface area contributed by atoms with E-state index in [0.717, 1.165) is 38.5 Å². The first-order valence-corrected chi connectivity index (χ1v) is 11.5. The summed E-state index contributed by atoms with van der Waals surface area (Å²) in [5.74, 6) is 0.211. The molecule has 3 heterocycles. The Morgan fingerprint density at radius 2 is 1.68 bits per heavy atom. The number of piperidine rings is 1. The fourth-order valence-electron chi connectivity index (χ4n) is 5.96. The van der Waals surface area contributed by atoms with Crippen LogP contribution in [0.3, 0.4) is 0 Å². The van der Waals surface area contributed by atoms with Gasteiger partial charge in [-0.15, -0.1) is 0 Å². The Kier molecular flexibility index (Phi) is 5.16. The molecular formula is C25H29N3O3. The van der Waals surface area contributed by atoms with Crippen molar-refractivity contribution >= 4 is 11.8 Å². The predicted octanol–water partition coefficient (Wildman–Crippen LogP) is 3.51. The number of likely N-dealkylation sites (tertiary alicyclic amines) is 2. The molecule has 1 unspecified atom stereocenters. The number of nitrogens with one attached hydrogen (secondary N) is 1. The Morgan fingerprint density at radius 1 is 0.968 bits per heavy atom. The highest BCUT2D eigenvalue weighted by Crippen LogP contribution is 2.59. The van der Waals surface area contributed by atoms with Crippen LogP contribution in [0, 0.1) is 5.41 Å². The number of hydrogen-bond acceptors (Lipinski definition) is 3. The molecule has 1 saturated carbocycles. The standard InChI is InChI=1S/C25H29N3O3/c29-21-17-19(9-14-26-21)23(30)27-15-10-20(11-16-27)28-22(18-7-3-1-4-8-18)25(24(28)31)12-5-2-6-13-25/h1,3-4,7-9,14,17,20,22H,2,5-6,10-13,15-16H2,(H,26,29). The zero-order valence-electron chi connectivity index (χ0n) is 17.8. The van der Waals surface area contributed by atoms with Crippen molar-refractivity contribution in [1.29, 1.82) is 0 Å². The maximum Gasteiger partial charge on any atom is 0.254 e. The summed E-state index contributed by atoms with van der Waals surface area (Å²) in [6.45, 7) is 1.21. The first-order chi connectivity index (χ1) is 15.1. The maximum atomic E-state index is 13.5. The molecule has 1 aromatic carbocycles. The lowest BCUT2D eigenvalue weighted by Gasteiger charge is -2.61. The fourth-order valence-corrected chi connectivity index (χ4v) is 5.96. The SMILES string of the molecule is O=C(c1cc[nH]c(=O)c1)N1CCC(N2C(=O)C3(CCCCC3)C2c2ccccc2)CC1. The Balaban J connectivity index is 1.33. The topological polar surface area (TPSA) is 73.5 Å². The van der Waals surface area contributed by atoms with Gasteiger partial charge in [0.15, 0.2) is 0 Å². The Bertz CT molecular complexity index is 1020. The number of aromatic nitrogens is 1. The van der Waals surface area contributed by atoms with Crippen LogP contribution < -0.4 is 5.56 Å². The van der Waals surface area contributed by atoms with Gasteiger partial charge in [-0.2, -0.15) is 0 Å². The van der Waals surface area contributed by atoms with Crippen LogP contribution in [0.4, 0.5) is 0 Å². The first-order valence-electron chi connectivity index (χ1n) is 11.5. The molecule has 1 atom stereocenters. The molecule has 0 radical (unpaired) electrons. The summed E-state index contributed by atoms with van der Waals surface area (Å²) >= 11 is 0. The van der Waals surface area contributed by atoms with Crippen LogP contribution in [0.5, 0.6) is 0 Å². The summed E-state index contributed by atoms with van der Waals surface area (Å²) in [4.78, 5) is 44.3. The number of hydrogen-bond donors (Lipinski definition) is 1. The number of aromatic amines is 1. The number of pyridine rings is 1. The van der Waals surface area contributed by atoms with Gasteiger partial charge in [-0.1, -0.05) is 49.6 Å². The highest BCUT2D eigenvalue weighted by Gasteiger charge is 2.62. The molecule has 1 spiro atoms. The van der Waals surface area contributed by atoms with Crippen molar-refractivity contribution in [3.63, 3.8) is 0 Å². The van der Waals surface area contributed by atoms with Crippen LogP contribution in [0.25, 0.3) is 0 Å². The van der Waals surface area contributed by atoms with E-state index in [2.05, 4.69) is 34.1 Å². The second-order valence-corrected chi connectivity index (χ2v) is 9.21. The van der Waals surface area contributed by atoms with Crippen molar-refractivity contribution in [3.05, 3.63) is 70.1 Å². The molecule has 1 aromatic heterocycles. The number of carbonyl (C=O) groups excluding carboxylic acids is 2. The van der Waals surface area contributed by atoms with Gasteiger partial charge in [-0.05, 0) is 37.3 Å². The molecule has 6 heteroatoms. The molecule has 162 valence electrons. The van der Waals surface area contributed by atoms with Crippen LogP contribution in [-0.4, -0.2) is 45.7 Å². The first kappa shape index (κ1) is 20.0. The van der Waals surface area contributed by atoms with E-state index in [1.807, 2.05) is 11.0 Å². The largest absolute Gasteiger partial charge is 0.338 e. The van der Waals surface area contributed by atoms with Gasteiger partial charge in [0.05, 0.1) is 11.5 Å². The zero-order valence-corrected chi connectivity index (χ0v) is 17.8. The number of H-pyrrole nitrogens is 1. The van der Waals surface area contributed by atoms with E-state index < -0.39 is 0 Å². The summed E-state index contributed by atoms with van der Waals surface area (Å²) in [6, 6.07) is 13.8. The average molecular weight is 420 g/mol. The summed E-state index contributed by atoms with van der Waals surface area (Å²) in [6.07, 6.45) is 8.52. The summed E-state index contributed by atoms with van der Waals surface area (Å²) in [7, 11) is 0. The molecule has 3 fully saturated rings. The molecule has 2 amide bonds. The Morgan fingerprint density at radius 3 is 2.35 bits per heavy atom. The minimum absolute atomic E-state index is 0.108. The second-order valence-electron chi connectivity index (χ2n) is 9.21. The van der Waals surface area contributed by atoms with Gasteiger partial charge in [0, 0.05) is 37.0 Å². The van der Waals surface area contributed by atoms with E-state index in [1.54, 1.807) is 6.07 Å². The number of benzene rings is 1. The van der Waals surface area contributed by atoms with Gasteiger partial charge in [-0.3, -0.25) is 14.4 Å². The second kappa shape index (κ2) is 7.98. The van der Waals surface area contributed by atoms with Gasteiger partial charge < -0.3 is 14.8 Å². The van der Waals surface area contributed by atoms with Gasteiger partial charge in [0.2, 0.25) is 11.5 Å². The maximum absolute atomic E-state index is 13.5. The Hall–Kier alpha value is -2.89. The van der Waals surface area contributed by atoms with Crippen LogP contribution in [0.15, 0.2) is 53.5 Å². The molecule has 2 saturated heterocycles. The van der Waals surface area contributed by atoms with Crippen LogP contribution >= 0.6 is 0 Å². The van der Waals surface area contributed by atoms with Crippen LogP contribution in [0.2, 0.25) is 0 Å². The van der Waals surface area contributed by atoms with Crippen LogP contribution in [0.1, 0.15) is 66.9 Å². The molecule has 2 aliphatic heterocycles. The van der Waals surface area contributed by atoms with E-state index in [0.29, 0.717) is 24.6 Å². The number of rotatable bonds is 3. The summed E-state index contributed by atoms with van der Waals surface area (Å²) in [5, 5.41) is 0. The highest BCUT2D eigenvalue weighted by molar-refractivity contribution is 5.94. The third-order valence-corrected chi connectivity index (χ3v) is 7.49. The molecule has 5 rings (SSSR count). The normalized spacial score (nSPS) is 23.6. The highest BCUT2D eigenvalue weighted by atomic mass is 16.2. The summed E-state index contributed by atoms with van der Waals surface area (Å²) in [5.41, 5.74) is 1.17. The number of β-lactam (4-membered cyclic amide) rings is 1. The third-order valence-electron chi connectivity index (χ3n) is 7.49. The summed E-state index contributed by atoms with van der Waals surface area (Å²) < 4.78 is 0. The lowest BCUT2D eigenvalue weighted by Crippen LogP contribution is -2.67. The zero-order chi connectivity index (χ0) is 21.4. The van der Waals surface area contributed by atoms with Crippen molar-refractivity contribution in [2.45, 2.75) is 57.0 Å². The van der Waals surface area contributed by atoms with Gasteiger partial charge in [0.1, 0.15) is 0 Å². The lowest BCUT2D eigenvalue weighted by molar-refractivity contribution is -0.186. The molecule has 1 aliphatic carbocycles. The van der Waals surface area contributed by atoms with E-state index in [1.165, 1.54) is 24.2 Å². The van der Waals surface area contributed by atoms with E-state index in [4.69, 9.17) is 0 Å². The minimum Gasteiger partial charge on any atom is -0.338 e. The lowest BCUT2D eigenvalue weighted by atomic mass is 9.59. The van der Waals surface area contributed by atoms with E-state index >= 15 is 0 Å². The predicted molar refractivity (Wildman–Crippen MR) is 118 cm³/mol. The van der Waals surface area contributed by atoms with E-state index in [-0.39, 0.29) is 29.0 Å². The van der Waals surface area contributed by atoms with Crippen LogP contribution in [-0.2, 0) is 4.79 Å².